The van der Waals surface area contributed by atoms with Gasteiger partial charge in [-0.05, 0) is 53.8 Å². The molecular formula is C30H18F7NOS. The molecule has 0 saturated heterocycles. The van der Waals surface area contributed by atoms with Crippen LogP contribution in [0, 0.1) is 29.1 Å². The van der Waals surface area contributed by atoms with Gasteiger partial charge in [-0.2, -0.15) is 8.78 Å². The molecule has 204 valence electrons. The molecule has 0 aliphatic carbocycles. The Morgan fingerprint density at radius 3 is 2.02 bits per heavy atom. The van der Waals surface area contributed by atoms with Gasteiger partial charge in [-0.25, -0.2) is 26.9 Å². The number of ether oxygens (including phenoxy) is 1. The number of aromatic nitrogens is 1. The molecular weight excluding hydrogens is 555 g/mol. The van der Waals surface area contributed by atoms with Crippen molar-refractivity contribution in [2.45, 2.75) is 19.0 Å². The molecule has 40 heavy (non-hydrogen) atoms. The van der Waals surface area contributed by atoms with Crippen molar-refractivity contribution in [3.05, 3.63) is 120 Å². The summed E-state index contributed by atoms with van der Waals surface area (Å²) in [4.78, 5) is 4.37. The molecule has 10 heteroatoms. The summed E-state index contributed by atoms with van der Waals surface area (Å²) in [5, 5.41) is 0.184. The SMILES string of the molecule is C=CCCc1ccc(-c2ccc3nc(-c4cc(F)c(C(F)(F)Oc5cc(F)c(F)c(F)c5)c(F)c4)sc3c2)cc1. The Balaban J connectivity index is 1.43. The van der Waals surface area contributed by atoms with Gasteiger partial charge in [-0.1, -0.05) is 36.4 Å². The number of halogens is 7. The molecule has 0 unspecified atom stereocenters. The zero-order chi connectivity index (χ0) is 28.6. The van der Waals surface area contributed by atoms with Crippen molar-refractivity contribution in [1.29, 1.82) is 0 Å². The number of nitrogens with zero attached hydrogens (tertiary/aromatic N) is 1. The average molecular weight is 574 g/mol. The number of benzene rings is 4. The summed E-state index contributed by atoms with van der Waals surface area (Å²) < 4.78 is 104. The van der Waals surface area contributed by atoms with E-state index in [1.165, 1.54) is 5.56 Å². The van der Waals surface area contributed by atoms with E-state index in [-0.39, 0.29) is 22.7 Å². The molecule has 5 aromatic rings. The number of fused-ring (bicyclic) bond motifs is 1. The lowest BCUT2D eigenvalue weighted by Gasteiger charge is -2.20. The minimum Gasteiger partial charge on any atom is -0.429 e. The second kappa shape index (κ2) is 10.8. The van der Waals surface area contributed by atoms with Crippen molar-refractivity contribution in [2.24, 2.45) is 0 Å². The Kier molecular flexibility index (Phi) is 7.37. The Bertz CT molecular complexity index is 1680. The lowest BCUT2D eigenvalue weighted by molar-refractivity contribution is -0.189. The van der Waals surface area contributed by atoms with Crippen LogP contribution in [0.2, 0.25) is 0 Å². The topological polar surface area (TPSA) is 22.1 Å². The molecule has 1 heterocycles. The van der Waals surface area contributed by atoms with Gasteiger partial charge in [0.25, 0.3) is 0 Å². The van der Waals surface area contributed by atoms with Gasteiger partial charge in [-0.3, -0.25) is 0 Å². The third kappa shape index (κ3) is 5.44. The van der Waals surface area contributed by atoms with Crippen molar-refractivity contribution in [3.63, 3.8) is 0 Å². The molecule has 0 spiro atoms. The van der Waals surface area contributed by atoms with E-state index in [1.807, 2.05) is 42.5 Å². The fourth-order valence-corrected chi connectivity index (χ4v) is 5.12. The van der Waals surface area contributed by atoms with Crippen molar-refractivity contribution >= 4 is 21.6 Å². The van der Waals surface area contributed by atoms with Gasteiger partial charge in [0.1, 0.15) is 28.0 Å². The summed E-state index contributed by atoms with van der Waals surface area (Å²) in [6.45, 7) is 3.72. The third-order valence-electron chi connectivity index (χ3n) is 6.10. The van der Waals surface area contributed by atoms with Crippen LogP contribution in [0.5, 0.6) is 5.75 Å². The Morgan fingerprint density at radius 2 is 1.40 bits per heavy atom. The van der Waals surface area contributed by atoms with E-state index in [0.717, 1.165) is 35.3 Å². The second-order valence-electron chi connectivity index (χ2n) is 8.86. The van der Waals surface area contributed by atoms with Crippen LogP contribution in [-0.2, 0) is 12.5 Å². The van der Waals surface area contributed by atoms with Crippen molar-refractivity contribution in [3.8, 4) is 27.4 Å². The first kappa shape index (κ1) is 27.4. The standard InChI is InChI=1S/C30H18F7NOS/c1-2-3-4-16-5-7-17(8-6-16)18-9-10-25-26(13-18)40-29(38-25)19-11-21(31)27(22(32)12-19)30(36,37)39-20-14-23(33)28(35)24(34)15-20/h2,5-15H,1,3-4H2. The lowest BCUT2D eigenvalue weighted by Crippen LogP contribution is -2.25. The predicted octanol–water partition coefficient (Wildman–Crippen LogP) is 9.57. The van der Waals surface area contributed by atoms with E-state index in [0.29, 0.717) is 22.3 Å². The molecule has 0 bridgehead atoms. The molecule has 0 N–H and O–H groups in total. The summed E-state index contributed by atoms with van der Waals surface area (Å²) in [5.41, 5.74) is 1.71. The molecule has 0 aliphatic heterocycles. The van der Waals surface area contributed by atoms with Gasteiger partial charge in [0.05, 0.1) is 10.2 Å². The Hall–Kier alpha value is -4.18. The van der Waals surface area contributed by atoms with E-state index < -0.39 is 46.5 Å². The molecule has 0 aliphatic rings. The van der Waals surface area contributed by atoms with Gasteiger partial charge in [-0.15, -0.1) is 17.9 Å². The Labute approximate surface area is 228 Å². The maximum absolute atomic E-state index is 14.8. The first-order chi connectivity index (χ1) is 19.1. The maximum atomic E-state index is 14.8. The van der Waals surface area contributed by atoms with Crippen LogP contribution < -0.4 is 4.74 Å². The fraction of sp³-hybridized carbons (Fsp3) is 0.100. The summed E-state index contributed by atoms with van der Waals surface area (Å²) >= 11 is 1.12. The summed E-state index contributed by atoms with van der Waals surface area (Å²) in [5.74, 6) is -10.0. The van der Waals surface area contributed by atoms with E-state index >= 15 is 0 Å². The minimum atomic E-state index is -4.67. The van der Waals surface area contributed by atoms with E-state index in [2.05, 4.69) is 16.3 Å². The fourth-order valence-electron chi connectivity index (χ4n) is 4.13. The number of hydrogen-bond donors (Lipinski definition) is 0. The quantitative estimate of drug-likeness (QED) is 0.105. The molecule has 5 rings (SSSR count). The van der Waals surface area contributed by atoms with Crippen LogP contribution >= 0.6 is 11.3 Å². The second-order valence-corrected chi connectivity index (χ2v) is 9.89. The van der Waals surface area contributed by atoms with Gasteiger partial charge >= 0.3 is 6.11 Å². The predicted molar refractivity (Wildman–Crippen MR) is 140 cm³/mol. The molecule has 0 saturated carbocycles. The minimum absolute atomic E-state index is 0.0947. The zero-order valence-corrected chi connectivity index (χ0v) is 21.3. The van der Waals surface area contributed by atoms with Crippen molar-refractivity contribution in [2.75, 3.05) is 0 Å². The maximum Gasteiger partial charge on any atom is 0.432 e. The lowest BCUT2D eigenvalue weighted by atomic mass is 10.0. The first-order valence-corrected chi connectivity index (χ1v) is 12.7. The van der Waals surface area contributed by atoms with Crippen LogP contribution in [0.15, 0.2) is 79.4 Å². The largest absolute Gasteiger partial charge is 0.432 e. The van der Waals surface area contributed by atoms with Crippen LogP contribution in [0.4, 0.5) is 30.7 Å². The molecule has 0 amide bonds. The normalized spacial score (nSPS) is 11.7. The average Bonchev–Trinajstić information content (AvgIpc) is 3.33. The zero-order valence-electron chi connectivity index (χ0n) is 20.5. The number of thiazole rings is 1. The number of hydrogen-bond acceptors (Lipinski definition) is 3. The molecule has 0 radical (unpaired) electrons. The van der Waals surface area contributed by atoms with Gasteiger partial charge in [0.2, 0.25) is 0 Å². The van der Waals surface area contributed by atoms with Crippen LogP contribution in [0.1, 0.15) is 17.5 Å². The van der Waals surface area contributed by atoms with E-state index in [1.54, 1.807) is 6.07 Å². The highest BCUT2D eigenvalue weighted by Gasteiger charge is 2.41. The molecule has 1 aromatic heterocycles. The van der Waals surface area contributed by atoms with Crippen LogP contribution in [-0.4, -0.2) is 4.98 Å². The van der Waals surface area contributed by atoms with Crippen LogP contribution in [0.3, 0.4) is 0 Å². The van der Waals surface area contributed by atoms with E-state index in [9.17, 15) is 30.7 Å². The van der Waals surface area contributed by atoms with Gasteiger partial charge in [0, 0.05) is 17.7 Å². The molecule has 0 atom stereocenters. The summed E-state index contributed by atoms with van der Waals surface area (Å²) in [7, 11) is 0. The van der Waals surface area contributed by atoms with Crippen molar-refractivity contribution in [1.82, 2.24) is 4.98 Å². The smallest absolute Gasteiger partial charge is 0.429 e. The van der Waals surface area contributed by atoms with Gasteiger partial charge in [0.15, 0.2) is 17.5 Å². The highest BCUT2D eigenvalue weighted by atomic mass is 32.1. The Morgan fingerprint density at radius 1 is 0.775 bits per heavy atom. The summed E-state index contributed by atoms with van der Waals surface area (Å²) in [6, 6.07) is 15.1. The molecule has 2 nitrogen and oxygen atoms in total. The number of alkyl halides is 2. The van der Waals surface area contributed by atoms with Crippen LogP contribution in [0.25, 0.3) is 31.9 Å². The highest BCUT2D eigenvalue weighted by molar-refractivity contribution is 7.21. The van der Waals surface area contributed by atoms with E-state index in [4.69, 9.17) is 0 Å². The highest BCUT2D eigenvalue weighted by Crippen LogP contribution is 2.39. The number of rotatable bonds is 8. The molecule has 0 fully saturated rings. The first-order valence-electron chi connectivity index (χ1n) is 11.9. The summed E-state index contributed by atoms with van der Waals surface area (Å²) in [6.07, 6.45) is -1.07. The number of aryl methyl sites for hydroxylation is 1. The monoisotopic (exact) mass is 573 g/mol. The number of allylic oxidation sites excluding steroid dienone is 1. The van der Waals surface area contributed by atoms with Gasteiger partial charge < -0.3 is 4.74 Å². The van der Waals surface area contributed by atoms with Crippen molar-refractivity contribution < 1.29 is 35.5 Å². The third-order valence-corrected chi connectivity index (χ3v) is 7.16. The molecule has 4 aromatic carbocycles.